The normalized spacial score (nSPS) is 21.6. The van der Waals surface area contributed by atoms with Crippen LogP contribution >= 0.6 is 0 Å². The molecular formula is C39H49N7O6. The molecule has 3 aliphatic rings. The molecule has 0 radical (unpaired) electrons. The maximum atomic E-state index is 14.7. The van der Waals surface area contributed by atoms with E-state index < -0.39 is 58.6 Å². The number of para-hydroxylation sites is 2. The van der Waals surface area contributed by atoms with Crippen molar-refractivity contribution in [2.45, 2.75) is 103 Å². The Hall–Kier alpha value is -5.04. The van der Waals surface area contributed by atoms with Crippen LogP contribution in [0.3, 0.4) is 0 Å². The molecule has 3 heterocycles. The van der Waals surface area contributed by atoms with Crippen LogP contribution in [0.4, 0.5) is 0 Å². The van der Waals surface area contributed by atoms with E-state index in [1.807, 2.05) is 92.9 Å². The molecule has 1 saturated carbocycles. The molecule has 2 aromatic carbocycles. The average molecular weight is 712 g/mol. The number of carbonyl (C=O) groups is 5. The molecule has 1 saturated heterocycles. The molecule has 3 aromatic rings. The maximum absolute atomic E-state index is 14.7. The summed E-state index contributed by atoms with van der Waals surface area (Å²) in [6, 6.07) is 14.1. The van der Waals surface area contributed by atoms with Crippen LogP contribution in [-0.4, -0.2) is 80.2 Å². The molecule has 5 atom stereocenters. The van der Waals surface area contributed by atoms with E-state index in [-0.39, 0.29) is 31.3 Å². The van der Waals surface area contributed by atoms with Gasteiger partial charge in [-0.2, -0.15) is 0 Å². The van der Waals surface area contributed by atoms with Crippen LogP contribution < -0.4 is 21.4 Å². The van der Waals surface area contributed by atoms with Crippen LogP contribution in [-0.2, 0) is 35.4 Å². The Morgan fingerprint density at radius 2 is 1.73 bits per heavy atom. The number of benzene rings is 2. The zero-order chi connectivity index (χ0) is 37.2. The molecule has 13 heteroatoms. The van der Waals surface area contributed by atoms with Gasteiger partial charge in [-0.1, -0.05) is 83.5 Å². The van der Waals surface area contributed by atoms with Gasteiger partial charge in [0.1, 0.15) is 17.7 Å². The predicted molar refractivity (Wildman–Crippen MR) is 195 cm³/mol. The number of hydrogen-bond acceptors (Lipinski definition) is 8. The highest BCUT2D eigenvalue weighted by atomic mass is 16.7. The summed E-state index contributed by atoms with van der Waals surface area (Å²) in [6.45, 7) is 9.62. The van der Waals surface area contributed by atoms with E-state index in [4.69, 9.17) is 4.84 Å². The molecule has 2 aliphatic heterocycles. The zero-order valence-electron chi connectivity index (χ0n) is 30.5. The van der Waals surface area contributed by atoms with Crippen LogP contribution in [0, 0.1) is 11.3 Å². The van der Waals surface area contributed by atoms with Crippen molar-refractivity contribution in [1.82, 2.24) is 35.9 Å². The van der Waals surface area contributed by atoms with E-state index in [9.17, 15) is 24.0 Å². The Kier molecular flexibility index (Phi) is 10.5. The first-order valence-electron chi connectivity index (χ1n) is 18.2. The maximum Gasteiger partial charge on any atom is 0.289 e. The molecule has 1 aromatic heterocycles. The Balaban J connectivity index is 1.25. The van der Waals surface area contributed by atoms with Gasteiger partial charge in [-0.3, -0.25) is 34.3 Å². The number of ketones is 1. The number of hydroxylamine groups is 1. The fourth-order valence-electron chi connectivity index (χ4n) is 6.88. The first-order chi connectivity index (χ1) is 24.8. The van der Waals surface area contributed by atoms with Gasteiger partial charge in [-0.05, 0) is 48.4 Å². The SMILES string of the molecule is CCC[C@H](NC(=O)[C@@H]1C[C@]2(C=C(c3ccccc3)NO2)CN1C(=O)[C@@H](NC(=O)[C@H](C)Cn1cnc2ccccc21)C(C)(C)C)C(=O)C(=O)NC1CC1. The van der Waals surface area contributed by atoms with E-state index in [1.54, 1.807) is 13.3 Å². The first-order valence-corrected chi connectivity index (χ1v) is 18.2. The Morgan fingerprint density at radius 1 is 1.02 bits per heavy atom. The number of fused-ring (bicyclic) bond motifs is 1. The van der Waals surface area contributed by atoms with Crippen molar-refractivity contribution in [3.63, 3.8) is 0 Å². The minimum atomic E-state index is -1.07. The highest BCUT2D eigenvalue weighted by Crippen LogP contribution is 2.39. The third-order valence-corrected chi connectivity index (χ3v) is 9.99. The third-order valence-electron chi connectivity index (χ3n) is 9.99. The summed E-state index contributed by atoms with van der Waals surface area (Å²) in [5.41, 5.74) is 4.48. The molecule has 6 rings (SSSR count). The fourth-order valence-corrected chi connectivity index (χ4v) is 6.88. The molecule has 4 amide bonds. The summed E-state index contributed by atoms with van der Waals surface area (Å²) in [4.78, 5) is 80.7. The van der Waals surface area contributed by atoms with Crippen LogP contribution in [0.2, 0.25) is 0 Å². The van der Waals surface area contributed by atoms with Crippen LogP contribution in [0.5, 0.6) is 0 Å². The minimum absolute atomic E-state index is 0.0126. The van der Waals surface area contributed by atoms with E-state index >= 15 is 0 Å². The van der Waals surface area contributed by atoms with Crippen molar-refractivity contribution in [3.8, 4) is 0 Å². The zero-order valence-corrected chi connectivity index (χ0v) is 30.5. The molecule has 276 valence electrons. The van der Waals surface area contributed by atoms with Crippen molar-refractivity contribution >= 4 is 46.1 Å². The number of likely N-dealkylation sites (tertiary alicyclic amines) is 1. The lowest BCUT2D eigenvalue weighted by molar-refractivity contribution is -0.145. The van der Waals surface area contributed by atoms with Gasteiger partial charge in [0.25, 0.3) is 5.91 Å². The summed E-state index contributed by atoms with van der Waals surface area (Å²) in [7, 11) is 0. The van der Waals surface area contributed by atoms with Gasteiger partial charge in [0.05, 0.1) is 41.6 Å². The molecule has 0 unspecified atom stereocenters. The topological polar surface area (TPSA) is 164 Å². The van der Waals surface area contributed by atoms with E-state index in [0.717, 1.165) is 29.4 Å². The smallest absolute Gasteiger partial charge is 0.289 e. The molecule has 13 nitrogen and oxygen atoms in total. The molecular weight excluding hydrogens is 662 g/mol. The lowest BCUT2D eigenvalue weighted by atomic mass is 9.85. The molecule has 2 fully saturated rings. The summed E-state index contributed by atoms with van der Waals surface area (Å²) < 4.78 is 1.91. The standard InChI is InChI=1S/C39H49N7O6/c1-6-12-28(32(47)36(50)41-26-17-18-26)42-35(49)31-20-39(19-29(44-52-39)25-13-8-7-9-14-25)22-46(31)37(51)33(38(3,4)5)43-34(48)24(2)21-45-23-40-27-15-10-11-16-30(27)45/h7-11,13-16,19,23-24,26,28,31,33,44H,6,12,17-18,20-22H2,1-5H3,(H,41,50)(H,42,49)(H,43,48)/t24-,28+,31+,33-,39-/m1/s1. The van der Waals surface area contributed by atoms with E-state index in [1.165, 1.54) is 4.90 Å². The van der Waals surface area contributed by atoms with E-state index in [0.29, 0.717) is 18.7 Å². The number of aromatic nitrogens is 2. The van der Waals surface area contributed by atoms with Gasteiger partial charge >= 0.3 is 0 Å². The first kappa shape index (κ1) is 36.7. The second-order valence-corrected chi connectivity index (χ2v) is 15.4. The van der Waals surface area contributed by atoms with Crippen LogP contribution in [0.1, 0.15) is 72.3 Å². The summed E-state index contributed by atoms with van der Waals surface area (Å²) in [6.07, 6.45) is 6.12. The number of imidazole rings is 1. The summed E-state index contributed by atoms with van der Waals surface area (Å²) in [5, 5.41) is 8.54. The van der Waals surface area contributed by atoms with Crippen molar-refractivity contribution < 1.29 is 28.8 Å². The lowest BCUT2D eigenvalue weighted by Gasteiger charge is -2.36. The molecule has 0 bridgehead atoms. The minimum Gasteiger partial charge on any atom is -0.347 e. The van der Waals surface area contributed by atoms with Crippen molar-refractivity contribution in [1.29, 1.82) is 0 Å². The molecule has 1 aliphatic carbocycles. The number of rotatable bonds is 13. The molecule has 4 N–H and O–H groups in total. The van der Waals surface area contributed by atoms with Crippen molar-refractivity contribution in [2.24, 2.45) is 11.3 Å². The largest absolute Gasteiger partial charge is 0.347 e. The second kappa shape index (κ2) is 14.9. The quantitative estimate of drug-likeness (QED) is 0.197. The highest BCUT2D eigenvalue weighted by Gasteiger charge is 2.54. The van der Waals surface area contributed by atoms with Gasteiger partial charge < -0.3 is 25.4 Å². The van der Waals surface area contributed by atoms with Gasteiger partial charge in [-0.15, -0.1) is 0 Å². The summed E-state index contributed by atoms with van der Waals surface area (Å²) >= 11 is 0. The third kappa shape index (κ3) is 8.04. The van der Waals surface area contributed by atoms with E-state index in [2.05, 4.69) is 26.4 Å². The molecule has 52 heavy (non-hydrogen) atoms. The van der Waals surface area contributed by atoms with Crippen LogP contribution in [0.15, 0.2) is 67.0 Å². The van der Waals surface area contributed by atoms with Crippen LogP contribution in [0.25, 0.3) is 16.7 Å². The molecule has 1 spiro atoms. The van der Waals surface area contributed by atoms with Gasteiger partial charge in [0, 0.05) is 19.0 Å². The van der Waals surface area contributed by atoms with Gasteiger partial charge in [0.15, 0.2) is 0 Å². The Bertz CT molecular complexity index is 1860. The summed E-state index contributed by atoms with van der Waals surface area (Å²) in [5.74, 6) is -3.28. The number of nitrogens with zero attached hydrogens (tertiary/aromatic N) is 3. The number of carbonyl (C=O) groups excluding carboxylic acids is 5. The highest BCUT2D eigenvalue weighted by molar-refractivity contribution is 6.38. The number of Topliss-reactive ketones (excluding diaryl/α,β-unsaturated/α-hetero) is 1. The van der Waals surface area contributed by atoms with Crippen molar-refractivity contribution in [3.05, 3.63) is 72.6 Å². The lowest BCUT2D eigenvalue weighted by Crippen LogP contribution is -2.59. The monoisotopic (exact) mass is 711 g/mol. The Morgan fingerprint density at radius 3 is 2.42 bits per heavy atom. The number of nitrogens with one attached hydrogen (secondary N) is 4. The number of amides is 4. The van der Waals surface area contributed by atoms with Gasteiger partial charge in [-0.25, -0.2) is 4.98 Å². The number of hydrogen-bond donors (Lipinski definition) is 4. The Labute approximate surface area is 303 Å². The average Bonchev–Trinajstić information content (AvgIpc) is 3.52. The van der Waals surface area contributed by atoms with Gasteiger partial charge in [0.2, 0.25) is 23.5 Å². The fraction of sp³-hybridized carbons (Fsp3) is 0.487. The predicted octanol–water partition coefficient (Wildman–Crippen LogP) is 3.25. The second-order valence-electron chi connectivity index (χ2n) is 15.4. The van der Waals surface area contributed by atoms with Crippen molar-refractivity contribution in [2.75, 3.05) is 6.54 Å².